The fourth-order valence-corrected chi connectivity index (χ4v) is 1.84. The van der Waals surface area contributed by atoms with Crippen LogP contribution >= 0.6 is 0 Å². The zero-order chi connectivity index (χ0) is 14.6. The topological polar surface area (TPSA) is 84.0 Å². The first kappa shape index (κ1) is 14.0. The molecule has 1 heterocycles. The average molecular weight is 273 g/mol. The Morgan fingerprint density at radius 2 is 2.20 bits per heavy atom. The summed E-state index contributed by atoms with van der Waals surface area (Å²) in [6.45, 7) is 0. The second-order valence-electron chi connectivity index (χ2n) is 4.58. The number of allylic oxidation sites excluding steroid dienone is 1. The van der Waals surface area contributed by atoms with Crippen molar-refractivity contribution in [2.45, 2.75) is 12.1 Å². The number of pyridine rings is 1. The van der Waals surface area contributed by atoms with E-state index in [2.05, 4.69) is 15.2 Å². The third kappa shape index (κ3) is 2.77. The van der Waals surface area contributed by atoms with Crippen molar-refractivity contribution >= 4 is 5.82 Å². The highest BCUT2D eigenvalue weighted by Crippen LogP contribution is 2.27. The van der Waals surface area contributed by atoms with Crippen LogP contribution in [-0.4, -0.2) is 34.6 Å². The summed E-state index contributed by atoms with van der Waals surface area (Å²) in [7, 11) is 3.36. The molecule has 2 rings (SSSR count). The van der Waals surface area contributed by atoms with Crippen molar-refractivity contribution in [1.82, 2.24) is 9.88 Å². The van der Waals surface area contributed by atoms with Gasteiger partial charge in [0.1, 0.15) is 0 Å². The molecule has 1 aromatic heterocycles. The van der Waals surface area contributed by atoms with Crippen molar-refractivity contribution in [2.75, 3.05) is 14.1 Å². The van der Waals surface area contributed by atoms with E-state index in [4.69, 9.17) is 0 Å². The van der Waals surface area contributed by atoms with Gasteiger partial charge in [0.05, 0.1) is 12.1 Å². The fourth-order valence-electron chi connectivity index (χ4n) is 1.84. The van der Waals surface area contributed by atoms with Crippen molar-refractivity contribution in [3.05, 3.63) is 58.4 Å². The number of nitrogens with zero attached hydrogens (tertiary/aromatic N) is 5. The van der Waals surface area contributed by atoms with Crippen molar-refractivity contribution in [3.8, 4) is 0 Å². The molecule has 1 aliphatic rings. The van der Waals surface area contributed by atoms with Crippen LogP contribution in [0.4, 0.5) is 5.82 Å². The van der Waals surface area contributed by atoms with Gasteiger partial charge >= 0.3 is 0 Å². The molecule has 0 aromatic carbocycles. The number of likely N-dealkylation sites (N-methyl/N-ethyl adjacent to an activating group) is 1. The van der Waals surface area contributed by atoms with E-state index >= 15 is 0 Å². The second kappa shape index (κ2) is 5.70. The van der Waals surface area contributed by atoms with Crippen LogP contribution in [0.15, 0.2) is 58.5 Å². The maximum absolute atomic E-state index is 11.2. The summed E-state index contributed by atoms with van der Waals surface area (Å²) in [6.07, 6.45) is 6.73. The zero-order valence-corrected chi connectivity index (χ0v) is 11.3. The van der Waals surface area contributed by atoms with Gasteiger partial charge in [-0.05, 0) is 38.4 Å². The second-order valence-corrected chi connectivity index (χ2v) is 4.58. The van der Waals surface area contributed by atoms with Crippen LogP contribution in [0.3, 0.4) is 0 Å². The average Bonchev–Trinajstić information content (AvgIpc) is 2.46. The maximum Gasteiger partial charge on any atom is 0.299 e. The molecule has 0 N–H and O–H groups in total. The Labute approximate surface area is 116 Å². The number of hydrogen-bond acceptors (Lipinski definition) is 6. The Morgan fingerprint density at radius 3 is 2.70 bits per heavy atom. The highest BCUT2D eigenvalue weighted by atomic mass is 16.6. The summed E-state index contributed by atoms with van der Waals surface area (Å²) in [6, 6.07) is 5.34. The minimum absolute atomic E-state index is 0.250. The predicted molar refractivity (Wildman–Crippen MR) is 74.0 cm³/mol. The smallest absolute Gasteiger partial charge is 0.262 e. The summed E-state index contributed by atoms with van der Waals surface area (Å²) < 4.78 is 0. The van der Waals surface area contributed by atoms with Crippen LogP contribution < -0.4 is 0 Å². The molecule has 0 spiro atoms. The molecule has 1 unspecified atom stereocenters. The summed E-state index contributed by atoms with van der Waals surface area (Å²) in [5.74, 6) is 0.500. The molecule has 1 atom stereocenters. The van der Waals surface area contributed by atoms with Gasteiger partial charge in [0.15, 0.2) is 5.82 Å². The Kier molecular flexibility index (Phi) is 3.99. The van der Waals surface area contributed by atoms with Crippen LogP contribution in [0.25, 0.3) is 0 Å². The Morgan fingerprint density at radius 1 is 1.40 bits per heavy atom. The molecular weight excluding hydrogens is 258 g/mol. The minimum Gasteiger partial charge on any atom is -0.262 e. The summed E-state index contributed by atoms with van der Waals surface area (Å²) in [5.41, 5.74) is -0.612. The Balaban J connectivity index is 2.13. The minimum atomic E-state index is -1.20. The Bertz CT molecular complexity index is 580. The summed E-state index contributed by atoms with van der Waals surface area (Å²) >= 11 is 0. The van der Waals surface area contributed by atoms with E-state index in [1.165, 1.54) is 0 Å². The van der Waals surface area contributed by atoms with Gasteiger partial charge in [0.2, 0.25) is 0 Å². The highest BCUT2D eigenvalue weighted by Gasteiger charge is 2.43. The molecular formula is C13H15N5O2. The first-order valence-corrected chi connectivity index (χ1v) is 6.09. The van der Waals surface area contributed by atoms with Gasteiger partial charge in [-0.25, -0.2) is 9.88 Å². The molecule has 0 amide bonds. The monoisotopic (exact) mass is 273 g/mol. The lowest BCUT2D eigenvalue weighted by atomic mass is 9.99. The van der Waals surface area contributed by atoms with Crippen molar-refractivity contribution < 1.29 is 4.92 Å². The van der Waals surface area contributed by atoms with Gasteiger partial charge in [0.25, 0.3) is 5.66 Å². The molecule has 0 saturated carbocycles. The molecule has 0 radical (unpaired) electrons. The zero-order valence-electron chi connectivity index (χ0n) is 11.3. The van der Waals surface area contributed by atoms with Crippen molar-refractivity contribution in [3.63, 3.8) is 0 Å². The Hall–Kier alpha value is -2.41. The molecule has 1 aromatic rings. The lowest BCUT2D eigenvalue weighted by molar-refractivity contribution is -0.582. The first-order valence-electron chi connectivity index (χ1n) is 6.09. The van der Waals surface area contributed by atoms with E-state index in [0.717, 1.165) is 0 Å². The molecule has 7 nitrogen and oxygen atoms in total. The van der Waals surface area contributed by atoms with Crippen molar-refractivity contribution in [1.29, 1.82) is 0 Å². The molecule has 20 heavy (non-hydrogen) atoms. The standard InChI is InChI=1S/C13H15N5O2/c1-17(2)13(18(19)20)8-6-11(7-9-13)15-16-12-5-3-4-10-14-12/h3-8,10H,9H2,1-2H3/b16-15+. The van der Waals surface area contributed by atoms with E-state index < -0.39 is 5.66 Å². The van der Waals surface area contributed by atoms with Gasteiger partial charge in [-0.3, -0.25) is 10.1 Å². The van der Waals surface area contributed by atoms with Gasteiger partial charge in [0, 0.05) is 17.2 Å². The highest BCUT2D eigenvalue weighted by molar-refractivity contribution is 5.28. The molecule has 0 aliphatic heterocycles. The van der Waals surface area contributed by atoms with Crippen LogP contribution in [0.2, 0.25) is 0 Å². The van der Waals surface area contributed by atoms with E-state index in [9.17, 15) is 10.1 Å². The van der Waals surface area contributed by atoms with Crippen molar-refractivity contribution in [2.24, 2.45) is 10.2 Å². The quantitative estimate of drug-likeness (QED) is 0.365. The lowest BCUT2D eigenvalue weighted by Gasteiger charge is -2.29. The molecule has 1 aliphatic carbocycles. The summed E-state index contributed by atoms with van der Waals surface area (Å²) in [5, 5.41) is 19.2. The van der Waals surface area contributed by atoms with E-state index in [1.807, 2.05) is 6.07 Å². The van der Waals surface area contributed by atoms with Gasteiger partial charge in [-0.1, -0.05) is 6.07 Å². The number of nitro groups is 1. The molecule has 0 saturated heterocycles. The van der Waals surface area contributed by atoms with E-state index in [0.29, 0.717) is 11.5 Å². The third-order valence-corrected chi connectivity index (χ3v) is 3.14. The first-order chi connectivity index (χ1) is 9.54. The lowest BCUT2D eigenvalue weighted by Crippen LogP contribution is -2.49. The number of hydrogen-bond donors (Lipinski definition) is 0. The van der Waals surface area contributed by atoms with Gasteiger partial charge in [-0.15, -0.1) is 10.2 Å². The number of rotatable bonds is 4. The molecule has 0 bridgehead atoms. The number of azo groups is 1. The summed E-state index contributed by atoms with van der Waals surface area (Å²) in [4.78, 5) is 16.5. The van der Waals surface area contributed by atoms with Crippen LogP contribution in [0.5, 0.6) is 0 Å². The van der Waals surface area contributed by atoms with Crippen LogP contribution in [0.1, 0.15) is 6.42 Å². The molecule has 7 heteroatoms. The van der Waals surface area contributed by atoms with E-state index in [-0.39, 0.29) is 11.3 Å². The van der Waals surface area contributed by atoms with Gasteiger partial charge < -0.3 is 0 Å². The number of aromatic nitrogens is 1. The largest absolute Gasteiger partial charge is 0.299 e. The SMILES string of the molecule is CN(C)C1([N+](=O)[O-])C=CC(/N=N/c2ccccn2)=CC1. The molecule has 104 valence electrons. The third-order valence-electron chi connectivity index (χ3n) is 3.14. The molecule has 0 fully saturated rings. The normalized spacial score (nSPS) is 22.2. The predicted octanol–water partition coefficient (Wildman–Crippen LogP) is 2.54. The van der Waals surface area contributed by atoms with E-state index in [1.54, 1.807) is 55.6 Å². The van der Waals surface area contributed by atoms with Gasteiger partial charge in [-0.2, -0.15) is 0 Å². The fraction of sp³-hybridized carbons (Fsp3) is 0.308. The van der Waals surface area contributed by atoms with Crippen LogP contribution in [-0.2, 0) is 0 Å². The van der Waals surface area contributed by atoms with Crippen LogP contribution in [0, 0.1) is 10.1 Å². The maximum atomic E-state index is 11.2.